The number of benzene rings is 1. The van der Waals surface area contributed by atoms with Gasteiger partial charge < -0.3 is 4.74 Å². The van der Waals surface area contributed by atoms with Crippen LogP contribution in [-0.4, -0.2) is 12.6 Å². The van der Waals surface area contributed by atoms with E-state index in [9.17, 15) is 4.79 Å². The molecule has 0 saturated carbocycles. The first-order valence-corrected chi connectivity index (χ1v) is 6.02. The van der Waals surface area contributed by atoms with E-state index in [0.29, 0.717) is 6.61 Å². The van der Waals surface area contributed by atoms with Crippen LogP contribution in [0.25, 0.3) is 0 Å². The molecule has 3 heteroatoms. The van der Waals surface area contributed by atoms with E-state index in [1.165, 1.54) is 12.2 Å². The fourth-order valence-corrected chi connectivity index (χ4v) is 0.761. The van der Waals surface area contributed by atoms with Gasteiger partial charge in [-0.15, -0.1) is 0 Å². The van der Waals surface area contributed by atoms with Gasteiger partial charge in [-0.1, -0.05) is 62.9 Å². The van der Waals surface area contributed by atoms with Gasteiger partial charge in [0.05, 0.1) is 12.7 Å². The highest BCUT2D eigenvalue weighted by Gasteiger charge is 1.91. The third kappa shape index (κ3) is 21.5. The molecule has 0 aliphatic carbocycles. The van der Waals surface area contributed by atoms with Gasteiger partial charge in [0.2, 0.25) is 0 Å². The van der Waals surface area contributed by atoms with Gasteiger partial charge in [0, 0.05) is 12.2 Å². The molecule has 0 radical (unpaired) electrons. The molecule has 0 aromatic heterocycles. The normalized spacial score (nSPS) is 7.37. The molecule has 19 heavy (non-hydrogen) atoms. The first-order chi connectivity index (χ1) is 9.22. The predicted octanol–water partition coefficient (Wildman–Crippen LogP) is 3.90. The SMILES string of the molecule is C=CC#N.C=CC(=O)OCCCC.c1ccccc1. The molecule has 0 aliphatic heterocycles. The van der Waals surface area contributed by atoms with Crippen LogP contribution in [0.15, 0.2) is 61.7 Å². The van der Waals surface area contributed by atoms with Gasteiger partial charge in [0.15, 0.2) is 0 Å². The minimum absolute atomic E-state index is 0.330. The smallest absolute Gasteiger partial charge is 0.330 e. The van der Waals surface area contributed by atoms with Crippen LogP contribution < -0.4 is 0 Å². The van der Waals surface area contributed by atoms with E-state index in [1.807, 2.05) is 43.3 Å². The van der Waals surface area contributed by atoms with Crippen LogP contribution in [0, 0.1) is 11.3 Å². The summed E-state index contributed by atoms with van der Waals surface area (Å²) in [5, 5.41) is 7.51. The maximum Gasteiger partial charge on any atom is 0.330 e. The van der Waals surface area contributed by atoms with E-state index in [2.05, 4.69) is 17.9 Å². The number of carbonyl (C=O) groups is 1. The summed E-state index contributed by atoms with van der Waals surface area (Å²) in [6.45, 7) is 8.94. The molecule has 0 fully saturated rings. The number of nitriles is 1. The molecular formula is C16H21NO2. The largest absolute Gasteiger partial charge is 0.463 e. The number of rotatable bonds is 4. The number of hydrogen-bond acceptors (Lipinski definition) is 3. The number of ether oxygens (including phenoxy) is 1. The van der Waals surface area contributed by atoms with Crippen molar-refractivity contribution in [3.63, 3.8) is 0 Å². The van der Waals surface area contributed by atoms with Crippen LogP contribution in [0.1, 0.15) is 19.8 Å². The molecule has 3 nitrogen and oxygen atoms in total. The van der Waals surface area contributed by atoms with Crippen molar-refractivity contribution in [3.05, 3.63) is 61.7 Å². The standard InChI is InChI=1S/C7H12O2.C6H6.C3H3N/c1-3-5-6-9-7(8)4-2;1-2-4-6-5-3-1;1-2-3-4/h4H,2-3,5-6H2,1H3;1-6H;2H,1H2. The maximum absolute atomic E-state index is 10.3. The molecule has 0 bridgehead atoms. The fourth-order valence-electron chi connectivity index (χ4n) is 0.761. The van der Waals surface area contributed by atoms with Crippen molar-refractivity contribution in [2.24, 2.45) is 0 Å². The average Bonchev–Trinajstić information content (AvgIpc) is 2.50. The van der Waals surface area contributed by atoms with E-state index >= 15 is 0 Å². The van der Waals surface area contributed by atoms with E-state index in [-0.39, 0.29) is 5.97 Å². The average molecular weight is 259 g/mol. The number of esters is 1. The second kappa shape index (κ2) is 18.0. The highest BCUT2D eigenvalue weighted by Crippen LogP contribution is 1.88. The van der Waals surface area contributed by atoms with Crippen molar-refractivity contribution in [2.75, 3.05) is 6.61 Å². The summed E-state index contributed by atoms with van der Waals surface area (Å²) in [5.41, 5.74) is 0. The van der Waals surface area contributed by atoms with E-state index < -0.39 is 0 Å². The summed E-state index contributed by atoms with van der Waals surface area (Å²) in [5.74, 6) is -0.330. The lowest BCUT2D eigenvalue weighted by Crippen LogP contribution is -2.00. The number of allylic oxidation sites excluding steroid dienone is 1. The van der Waals surface area contributed by atoms with Gasteiger partial charge in [0.1, 0.15) is 0 Å². The summed E-state index contributed by atoms with van der Waals surface area (Å²) in [4.78, 5) is 10.3. The third-order valence-corrected chi connectivity index (χ3v) is 1.67. The van der Waals surface area contributed by atoms with E-state index in [0.717, 1.165) is 12.8 Å². The zero-order chi connectivity index (χ0) is 14.8. The molecule has 0 atom stereocenters. The second-order valence-electron chi connectivity index (χ2n) is 3.21. The molecule has 102 valence electrons. The Morgan fingerprint density at radius 1 is 1.21 bits per heavy atom. The summed E-state index contributed by atoms with van der Waals surface area (Å²) in [7, 11) is 0. The number of carbonyl (C=O) groups excluding carboxylic acids is 1. The van der Waals surface area contributed by atoms with Crippen molar-refractivity contribution in [3.8, 4) is 6.07 Å². The highest BCUT2D eigenvalue weighted by molar-refractivity contribution is 5.81. The Balaban J connectivity index is 0. The summed E-state index contributed by atoms with van der Waals surface area (Å²) in [6, 6.07) is 13.7. The molecule has 1 aromatic rings. The van der Waals surface area contributed by atoms with Crippen LogP contribution in [0.5, 0.6) is 0 Å². The van der Waals surface area contributed by atoms with Crippen molar-refractivity contribution in [1.82, 2.24) is 0 Å². The topological polar surface area (TPSA) is 50.1 Å². The number of hydrogen-bond donors (Lipinski definition) is 0. The first-order valence-electron chi connectivity index (χ1n) is 6.02. The maximum atomic E-state index is 10.3. The number of nitrogens with zero attached hydrogens (tertiary/aromatic N) is 1. The lowest BCUT2D eigenvalue weighted by Gasteiger charge is -1.97. The Morgan fingerprint density at radius 2 is 1.63 bits per heavy atom. The first kappa shape index (κ1) is 19.0. The van der Waals surface area contributed by atoms with Gasteiger partial charge in [-0.05, 0) is 6.42 Å². The molecule has 0 N–H and O–H groups in total. The summed E-state index contributed by atoms with van der Waals surface area (Å²) in [6.07, 6.45) is 4.33. The molecule has 1 aromatic carbocycles. The van der Waals surface area contributed by atoms with Gasteiger partial charge in [-0.25, -0.2) is 4.79 Å². The Hall–Kier alpha value is -2.34. The van der Waals surface area contributed by atoms with Crippen LogP contribution in [0.3, 0.4) is 0 Å². The lowest BCUT2D eigenvalue weighted by atomic mass is 10.4. The molecular weight excluding hydrogens is 238 g/mol. The lowest BCUT2D eigenvalue weighted by molar-refractivity contribution is -0.137. The molecule has 0 heterocycles. The molecule has 0 aliphatic rings. The Bertz CT molecular complexity index is 339. The van der Waals surface area contributed by atoms with Crippen molar-refractivity contribution in [1.29, 1.82) is 5.26 Å². The molecule has 1 rings (SSSR count). The Kier molecular flexibility index (Phi) is 18.0. The van der Waals surface area contributed by atoms with Crippen LogP contribution >= 0.6 is 0 Å². The van der Waals surface area contributed by atoms with Crippen molar-refractivity contribution >= 4 is 5.97 Å². The fraction of sp³-hybridized carbons (Fsp3) is 0.250. The third-order valence-electron chi connectivity index (χ3n) is 1.67. The monoisotopic (exact) mass is 259 g/mol. The van der Waals surface area contributed by atoms with E-state index in [4.69, 9.17) is 5.26 Å². The minimum Gasteiger partial charge on any atom is -0.463 e. The summed E-state index contributed by atoms with van der Waals surface area (Å²) >= 11 is 0. The quantitative estimate of drug-likeness (QED) is 0.356. The predicted molar refractivity (Wildman–Crippen MR) is 78.3 cm³/mol. The number of unbranched alkanes of at least 4 members (excludes halogenated alkanes) is 1. The van der Waals surface area contributed by atoms with Gasteiger partial charge in [0.25, 0.3) is 0 Å². The van der Waals surface area contributed by atoms with Gasteiger partial charge >= 0.3 is 5.97 Å². The van der Waals surface area contributed by atoms with Crippen LogP contribution in [0.4, 0.5) is 0 Å². The minimum atomic E-state index is -0.330. The Morgan fingerprint density at radius 3 is 1.89 bits per heavy atom. The molecule has 0 amide bonds. The second-order valence-corrected chi connectivity index (χ2v) is 3.21. The van der Waals surface area contributed by atoms with Gasteiger partial charge in [-0.2, -0.15) is 5.26 Å². The van der Waals surface area contributed by atoms with Crippen LogP contribution in [0.2, 0.25) is 0 Å². The zero-order valence-electron chi connectivity index (χ0n) is 11.4. The highest BCUT2D eigenvalue weighted by atomic mass is 16.5. The zero-order valence-corrected chi connectivity index (χ0v) is 11.4. The van der Waals surface area contributed by atoms with Crippen molar-refractivity contribution in [2.45, 2.75) is 19.8 Å². The van der Waals surface area contributed by atoms with Gasteiger partial charge in [-0.3, -0.25) is 0 Å². The molecule has 0 spiro atoms. The molecule has 0 unspecified atom stereocenters. The van der Waals surface area contributed by atoms with Crippen LogP contribution in [-0.2, 0) is 9.53 Å². The van der Waals surface area contributed by atoms with Crippen molar-refractivity contribution < 1.29 is 9.53 Å². The molecule has 0 saturated heterocycles. The Labute approximate surface area is 115 Å². The summed E-state index contributed by atoms with van der Waals surface area (Å²) < 4.78 is 4.67. The van der Waals surface area contributed by atoms with E-state index in [1.54, 1.807) is 6.07 Å².